The quantitative estimate of drug-likeness (QED) is 0.897. The summed E-state index contributed by atoms with van der Waals surface area (Å²) in [5, 5.41) is 12.2. The first-order valence-corrected chi connectivity index (χ1v) is 6.80. The molecular formula is C13H16BrNO3. The zero-order valence-corrected chi connectivity index (χ0v) is 11.6. The Morgan fingerprint density at radius 3 is 3.00 bits per heavy atom. The average Bonchev–Trinajstić information content (AvgIpc) is 2.37. The number of carboxylic acid groups (broad SMARTS) is 1. The molecule has 1 heterocycles. The van der Waals surface area contributed by atoms with Gasteiger partial charge in [0.25, 0.3) is 0 Å². The summed E-state index contributed by atoms with van der Waals surface area (Å²) in [5.74, 6) is -0.384. The van der Waals surface area contributed by atoms with Gasteiger partial charge in [0.2, 0.25) is 0 Å². The molecule has 1 aliphatic heterocycles. The smallest absolute Gasteiger partial charge is 0.336 e. The normalized spacial score (nSPS) is 19.5. The summed E-state index contributed by atoms with van der Waals surface area (Å²) in [5.41, 5.74) is 1.21. The number of benzene rings is 1. The lowest BCUT2D eigenvalue weighted by atomic mass is 10.0. The molecule has 2 N–H and O–H groups in total. The van der Waals surface area contributed by atoms with Gasteiger partial charge in [0.15, 0.2) is 0 Å². The van der Waals surface area contributed by atoms with E-state index in [0.29, 0.717) is 10.4 Å². The van der Waals surface area contributed by atoms with Crippen LogP contribution in [0.5, 0.6) is 0 Å². The van der Waals surface area contributed by atoms with Crippen molar-refractivity contribution in [1.82, 2.24) is 0 Å². The van der Waals surface area contributed by atoms with Gasteiger partial charge < -0.3 is 15.2 Å². The predicted molar refractivity (Wildman–Crippen MR) is 73.1 cm³/mol. The van der Waals surface area contributed by atoms with Crippen LogP contribution in [0.2, 0.25) is 0 Å². The van der Waals surface area contributed by atoms with Gasteiger partial charge in [-0.1, -0.05) is 0 Å². The highest BCUT2D eigenvalue weighted by Crippen LogP contribution is 2.22. The summed E-state index contributed by atoms with van der Waals surface area (Å²) in [4.78, 5) is 10.9. The van der Waals surface area contributed by atoms with Crippen LogP contribution in [0.1, 0.15) is 23.2 Å². The number of anilines is 1. The Kier molecular flexibility index (Phi) is 4.60. The van der Waals surface area contributed by atoms with E-state index in [1.165, 1.54) is 6.42 Å². The van der Waals surface area contributed by atoms with Gasteiger partial charge >= 0.3 is 5.97 Å². The standard InChI is InChI=1S/C13H16BrNO3/c14-12-6-10(3-4-11(12)13(16)17)15-7-9-2-1-5-18-8-9/h3-4,6,9,15H,1-2,5,7-8H2,(H,16,17). The third-order valence-electron chi connectivity index (χ3n) is 3.05. The van der Waals surface area contributed by atoms with E-state index in [4.69, 9.17) is 9.84 Å². The Hall–Kier alpha value is -1.07. The molecule has 1 atom stereocenters. The van der Waals surface area contributed by atoms with E-state index < -0.39 is 5.97 Å². The van der Waals surface area contributed by atoms with Crippen LogP contribution >= 0.6 is 15.9 Å². The second-order valence-corrected chi connectivity index (χ2v) is 5.32. The number of halogens is 1. The fourth-order valence-electron chi connectivity index (χ4n) is 2.03. The monoisotopic (exact) mass is 313 g/mol. The molecule has 1 unspecified atom stereocenters. The molecule has 0 aliphatic carbocycles. The Morgan fingerprint density at radius 2 is 2.39 bits per heavy atom. The third kappa shape index (κ3) is 3.46. The van der Waals surface area contributed by atoms with Gasteiger partial charge in [-0.2, -0.15) is 0 Å². The Bertz CT molecular complexity index is 430. The number of ether oxygens (including phenoxy) is 1. The van der Waals surface area contributed by atoms with Crippen LogP contribution in [0.25, 0.3) is 0 Å². The molecule has 1 saturated heterocycles. The molecule has 0 aromatic heterocycles. The molecule has 1 fully saturated rings. The van der Waals surface area contributed by atoms with Crippen LogP contribution in [0.4, 0.5) is 5.69 Å². The van der Waals surface area contributed by atoms with E-state index in [1.807, 2.05) is 0 Å². The van der Waals surface area contributed by atoms with Gasteiger partial charge in [0, 0.05) is 23.3 Å². The maximum absolute atomic E-state index is 10.9. The minimum Gasteiger partial charge on any atom is -0.478 e. The first-order valence-electron chi connectivity index (χ1n) is 6.01. The van der Waals surface area contributed by atoms with Gasteiger partial charge in [-0.15, -0.1) is 0 Å². The van der Waals surface area contributed by atoms with Crippen LogP contribution in [-0.4, -0.2) is 30.8 Å². The van der Waals surface area contributed by atoms with Crippen LogP contribution in [0, 0.1) is 5.92 Å². The summed E-state index contributed by atoms with van der Waals surface area (Å²) in [6, 6.07) is 5.19. The molecule has 18 heavy (non-hydrogen) atoms. The van der Waals surface area contributed by atoms with Crippen molar-refractivity contribution < 1.29 is 14.6 Å². The molecule has 0 amide bonds. The molecule has 1 aliphatic rings. The first kappa shape index (κ1) is 13.4. The van der Waals surface area contributed by atoms with E-state index in [9.17, 15) is 4.79 Å². The Morgan fingerprint density at radius 1 is 1.56 bits per heavy atom. The van der Waals surface area contributed by atoms with Crippen molar-refractivity contribution in [3.05, 3.63) is 28.2 Å². The zero-order chi connectivity index (χ0) is 13.0. The largest absolute Gasteiger partial charge is 0.478 e. The van der Waals surface area contributed by atoms with E-state index in [0.717, 1.165) is 31.9 Å². The maximum Gasteiger partial charge on any atom is 0.336 e. The summed E-state index contributed by atoms with van der Waals surface area (Å²) >= 11 is 3.27. The maximum atomic E-state index is 10.9. The van der Waals surface area contributed by atoms with Crippen molar-refractivity contribution in [3.63, 3.8) is 0 Å². The third-order valence-corrected chi connectivity index (χ3v) is 3.71. The van der Waals surface area contributed by atoms with Crippen molar-refractivity contribution in [3.8, 4) is 0 Å². The highest BCUT2D eigenvalue weighted by Gasteiger charge is 2.14. The number of rotatable bonds is 4. The summed E-state index contributed by atoms with van der Waals surface area (Å²) in [6.07, 6.45) is 2.30. The van der Waals surface area contributed by atoms with Crippen LogP contribution in [0.3, 0.4) is 0 Å². The molecular weight excluding hydrogens is 298 g/mol. The second kappa shape index (κ2) is 6.20. The molecule has 0 spiro atoms. The topological polar surface area (TPSA) is 58.6 Å². The molecule has 2 rings (SSSR count). The highest BCUT2D eigenvalue weighted by atomic mass is 79.9. The number of hydrogen-bond donors (Lipinski definition) is 2. The fraction of sp³-hybridized carbons (Fsp3) is 0.462. The van der Waals surface area contributed by atoms with Crippen molar-refractivity contribution in [2.75, 3.05) is 25.1 Å². The number of nitrogens with one attached hydrogen (secondary N) is 1. The van der Waals surface area contributed by atoms with Crippen molar-refractivity contribution >= 4 is 27.6 Å². The van der Waals surface area contributed by atoms with E-state index in [2.05, 4.69) is 21.2 Å². The van der Waals surface area contributed by atoms with Crippen molar-refractivity contribution in [1.29, 1.82) is 0 Å². The van der Waals surface area contributed by atoms with E-state index >= 15 is 0 Å². The molecule has 1 aromatic carbocycles. The number of aromatic carboxylic acids is 1. The molecule has 0 radical (unpaired) electrons. The lowest BCUT2D eigenvalue weighted by molar-refractivity contribution is 0.0595. The Labute approximate surface area is 114 Å². The highest BCUT2D eigenvalue weighted by molar-refractivity contribution is 9.10. The van der Waals surface area contributed by atoms with E-state index in [1.54, 1.807) is 18.2 Å². The number of carbonyl (C=O) groups is 1. The molecule has 0 saturated carbocycles. The Balaban J connectivity index is 1.93. The minimum atomic E-state index is -0.922. The van der Waals surface area contributed by atoms with Crippen LogP contribution in [0.15, 0.2) is 22.7 Å². The second-order valence-electron chi connectivity index (χ2n) is 4.46. The lowest BCUT2D eigenvalue weighted by Crippen LogP contribution is -2.24. The molecule has 4 nitrogen and oxygen atoms in total. The SMILES string of the molecule is O=C(O)c1ccc(NCC2CCCOC2)cc1Br. The molecule has 1 aromatic rings. The molecule has 5 heteroatoms. The first-order chi connectivity index (χ1) is 8.66. The predicted octanol–water partition coefficient (Wildman–Crippen LogP) is 2.99. The van der Waals surface area contributed by atoms with Gasteiger partial charge in [-0.25, -0.2) is 4.79 Å². The number of carboxylic acids is 1. The lowest BCUT2D eigenvalue weighted by Gasteiger charge is -2.22. The van der Waals surface area contributed by atoms with Crippen LogP contribution < -0.4 is 5.32 Å². The zero-order valence-electron chi connectivity index (χ0n) is 9.99. The summed E-state index contributed by atoms with van der Waals surface area (Å²) in [7, 11) is 0. The summed E-state index contributed by atoms with van der Waals surface area (Å²) in [6.45, 7) is 2.54. The average molecular weight is 314 g/mol. The fourth-order valence-corrected chi connectivity index (χ4v) is 2.58. The van der Waals surface area contributed by atoms with E-state index in [-0.39, 0.29) is 5.56 Å². The van der Waals surface area contributed by atoms with Crippen LogP contribution in [-0.2, 0) is 4.74 Å². The van der Waals surface area contributed by atoms with Gasteiger partial charge in [0.1, 0.15) is 0 Å². The van der Waals surface area contributed by atoms with Gasteiger partial charge in [0.05, 0.1) is 12.2 Å². The summed E-state index contributed by atoms with van der Waals surface area (Å²) < 4.78 is 6.01. The van der Waals surface area contributed by atoms with Gasteiger partial charge in [-0.05, 0) is 52.9 Å². The minimum absolute atomic E-state index is 0.279. The van der Waals surface area contributed by atoms with Crippen molar-refractivity contribution in [2.45, 2.75) is 12.8 Å². The molecule has 98 valence electrons. The van der Waals surface area contributed by atoms with Gasteiger partial charge in [-0.3, -0.25) is 0 Å². The molecule has 0 bridgehead atoms. The number of hydrogen-bond acceptors (Lipinski definition) is 3. The van der Waals surface area contributed by atoms with Crippen molar-refractivity contribution in [2.24, 2.45) is 5.92 Å².